The summed E-state index contributed by atoms with van der Waals surface area (Å²) in [5, 5.41) is 11.6. The maximum absolute atomic E-state index is 11.9. The number of nitrogens with one attached hydrogen (secondary N) is 1. The van der Waals surface area contributed by atoms with Gasteiger partial charge in [0.15, 0.2) is 0 Å². The van der Waals surface area contributed by atoms with E-state index in [-0.39, 0.29) is 12.6 Å². The van der Waals surface area contributed by atoms with Gasteiger partial charge in [-0.15, -0.1) is 0 Å². The molecule has 0 fully saturated rings. The first-order valence-electron chi connectivity index (χ1n) is 7.86. The number of nitrogens with zero attached hydrogens (tertiary/aromatic N) is 1. The molecule has 1 atom stereocenters. The van der Waals surface area contributed by atoms with Crippen molar-refractivity contribution in [3.8, 4) is 5.75 Å². The minimum absolute atomic E-state index is 0.162. The number of methoxy groups -OCH3 is 1. The van der Waals surface area contributed by atoms with Gasteiger partial charge in [0.25, 0.3) is 0 Å². The van der Waals surface area contributed by atoms with Gasteiger partial charge >= 0.3 is 12.0 Å². The standard InChI is InChI=1S/C17H26N2O5/c1-13(16(20)21)12-19(2)17(22)18-11-14-5-7-15(8-6-14)24-10-4-9-23-3/h5-8,13H,4,9-12H2,1-3H3,(H,18,22)(H,20,21). The number of carboxylic acids is 1. The van der Waals surface area contributed by atoms with E-state index in [1.54, 1.807) is 21.1 Å². The molecule has 1 rings (SSSR count). The van der Waals surface area contributed by atoms with Crippen LogP contribution in [0, 0.1) is 5.92 Å². The van der Waals surface area contributed by atoms with Crippen molar-refractivity contribution < 1.29 is 24.2 Å². The SMILES string of the molecule is COCCCOc1ccc(CNC(=O)N(C)CC(C)C(=O)O)cc1. The monoisotopic (exact) mass is 338 g/mol. The summed E-state index contributed by atoms with van der Waals surface area (Å²) in [5.41, 5.74) is 0.937. The first kappa shape index (κ1) is 19.8. The van der Waals surface area contributed by atoms with Crippen molar-refractivity contribution in [2.45, 2.75) is 19.9 Å². The molecular weight excluding hydrogens is 312 g/mol. The number of amides is 2. The van der Waals surface area contributed by atoms with Crippen LogP contribution in [0.15, 0.2) is 24.3 Å². The lowest BCUT2D eigenvalue weighted by molar-refractivity contribution is -0.141. The number of hydrogen-bond acceptors (Lipinski definition) is 4. The van der Waals surface area contributed by atoms with Crippen molar-refractivity contribution >= 4 is 12.0 Å². The third-order valence-corrected chi connectivity index (χ3v) is 3.44. The van der Waals surface area contributed by atoms with Crippen LogP contribution < -0.4 is 10.1 Å². The Labute approximate surface area is 142 Å². The van der Waals surface area contributed by atoms with Crippen molar-refractivity contribution in [3.05, 3.63) is 29.8 Å². The number of benzene rings is 1. The van der Waals surface area contributed by atoms with E-state index in [1.165, 1.54) is 4.90 Å². The lowest BCUT2D eigenvalue weighted by Crippen LogP contribution is -2.40. The first-order valence-corrected chi connectivity index (χ1v) is 7.86. The Morgan fingerprint density at radius 2 is 1.92 bits per heavy atom. The smallest absolute Gasteiger partial charge is 0.317 e. The average Bonchev–Trinajstić information content (AvgIpc) is 2.57. The molecule has 0 aliphatic carbocycles. The Kier molecular flexibility index (Phi) is 8.64. The minimum Gasteiger partial charge on any atom is -0.494 e. The van der Waals surface area contributed by atoms with E-state index in [1.807, 2.05) is 24.3 Å². The van der Waals surface area contributed by atoms with Gasteiger partial charge in [-0.2, -0.15) is 0 Å². The second kappa shape index (κ2) is 10.5. The molecule has 0 bridgehead atoms. The lowest BCUT2D eigenvalue weighted by Gasteiger charge is -2.20. The van der Waals surface area contributed by atoms with E-state index < -0.39 is 11.9 Å². The summed E-state index contributed by atoms with van der Waals surface area (Å²) in [7, 11) is 3.23. The first-order chi connectivity index (χ1) is 11.4. The van der Waals surface area contributed by atoms with Gasteiger partial charge < -0.3 is 24.8 Å². The molecule has 2 N–H and O–H groups in total. The van der Waals surface area contributed by atoms with Gasteiger partial charge in [0, 0.05) is 40.3 Å². The van der Waals surface area contributed by atoms with Gasteiger partial charge in [-0.1, -0.05) is 19.1 Å². The number of carbonyl (C=O) groups is 2. The van der Waals surface area contributed by atoms with Crippen LogP contribution in [-0.4, -0.2) is 55.9 Å². The van der Waals surface area contributed by atoms with E-state index in [9.17, 15) is 9.59 Å². The molecule has 1 aromatic rings. The number of carbonyl (C=O) groups excluding carboxylic acids is 1. The zero-order valence-corrected chi connectivity index (χ0v) is 14.4. The number of carboxylic acid groups (broad SMARTS) is 1. The summed E-state index contributed by atoms with van der Waals surface area (Å²) in [6.07, 6.45) is 0.829. The summed E-state index contributed by atoms with van der Waals surface area (Å²) in [6.45, 7) is 3.36. The highest BCUT2D eigenvalue weighted by Crippen LogP contribution is 2.12. The predicted molar refractivity (Wildman–Crippen MR) is 90.1 cm³/mol. The van der Waals surface area contributed by atoms with Gasteiger partial charge in [-0.05, 0) is 17.7 Å². The summed E-state index contributed by atoms with van der Waals surface area (Å²) in [4.78, 5) is 24.1. The summed E-state index contributed by atoms with van der Waals surface area (Å²) < 4.78 is 10.5. The highest BCUT2D eigenvalue weighted by Gasteiger charge is 2.16. The van der Waals surface area contributed by atoms with Crippen LogP contribution in [0.25, 0.3) is 0 Å². The average molecular weight is 338 g/mol. The Morgan fingerprint density at radius 1 is 1.25 bits per heavy atom. The molecule has 0 aromatic heterocycles. The molecule has 0 radical (unpaired) electrons. The second-order valence-electron chi connectivity index (χ2n) is 5.62. The minimum atomic E-state index is -0.921. The molecule has 0 saturated heterocycles. The fourth-order valence-corrected chi connectivity index (χ4v) is 1.98. The van der Waals surface area contributed by atoms with Crippen molar-refractivity contribution in [2.75, 3.05) is 33.9 Å². The number of aliphatic carboxylic acids is 1. The highest BCUT2D eigenvalue weighted by atomic mass is 16.5. The van der Waals surface area contributed by atoms with E-state index >= 15 is 0 Å². The fourth-order valence-electron chi connectivity index (χ4n) is 1.98. The van der Waals surface area contributed by atoms with E-state index in [2.05, 4.69) is 5.32 Å². The number of urea groups is 1. The van der Waals surface area contributed by atoms with E-state index in [4.69, 9.17) is 14.6 Å². The maximum Gasteiger partial charge on any atom is 0.317 e. The topological polar surface area (TPSA) is 88.1 Å². The molecular formula is C17H26N2O5. The molecule has 0 spiro atoms. The number of hydrogen-bond donors (Lipinski definition) is 2. The van der Waals surface area contributed by atoms with Crippen LogP contribution in [0.3, 0.4) is 0 Å². The Hall–Kier alpha value is -2.28. The third kappa shape index (κ3) is 7.32. The number of rotatable bonds is 10. The zero-order chi connectivity index (χ0) is 17.9. The molecule has 0 heterocycles. The molecule has 1 unspecified atom stereocenters. The highest BCUT2D eigenvalue weighted by molar-refractivity contribution is 5.75. The molecule has 7 nitrogen and oxygen atoms in total. The van der Waals surface area contributed by atoms with Gasteiger partial charge in [0.2, 0.25) is 0 Å². The normalized spacial score (nSPS) is 11.6. The quantitative estimate of drug-likeness (QED) is 0.637. The summed E-state index contributed by atoms with van der Waals surface area (Å²) in [6, 6.07) is 7.16. The molecule has 0 saturated carbocycles. The van der Waals surface area contributed by atoms with Crippen LogP contribution in [0.5, 0.6) is 5.75 Å². The summed E-state index contributed by atoms with van der Waals surface area (Å²) in [5.74, 6) is -0.750. The lowest BCUT2D eigenvalue weighted by atomic mass is 10.2. The van der Waals surface area contributed by atoms with Gasteiger partial charge in [0.1, 0.15) is 5.75 Å². The molecule has 1 aromatic carbocycles. The van der Waals surface area contributed by atoms with Gasteiger partial charge in [-0.25, -0.2) is 4.79 Å². The summed E-state index contributed by atoms with van der Waals surface area (Å²) >= 11 is 0. The third-order valence-electron chi connectivity index (χ3n) is 3.44. The van der Waals surface area contributed by atoms with Crippen LogP contribution >= 0.6 is 0 Å². The van der Waals surface area contributed by atoms with Crippen molar-refractivity contribution in [1.29, 1.82) is 0 Å². The van der Waals surface area contributed by atoms with Crippen LogP contribution in [0.4, 0.5) is 4.79 Å². The fraction of sp³-hybridized carbons (Fsp3) is 0.529. The van der Waals surface area contributed by atoms with Crippen LogP contribution in [-0.2, 0) is 16.1 Å². The van der Waals surface area contributed by atoms with E-state index in [0.717, 1.165) is 17.7 Å². The maximum atomic E-state index is 11.9. The molecule has 0 aliphatic rings. The molecule has 134 valence electrons. The van der Waals surface area contributed by atoms with Crippen LogP contribution in [0.2, 0.25) is 0 Å². The van der Waals surface area contributed by atoms with E-state index in [0.29, 0.717) is 19.8 Å². The molecule has 7 heteroatoms. The molecule has 0 aliphatic heterocycles. The van der Waals surface area contributed by atoms with Gasteiger partial charge in [-0.3, -0.25) is 4.79 Å². The zero-order valence-electron chi connectivity index (χ0n) is 14.4. The number of ether oxygens (including phenoxy) is 2. The Balaban J connectivity index is 2.36. The largest absolute Gasteiger partial charge is 0.494 e. The Bertz CT molecular complexity index is 518. The predicted octanol–water partition coefficient (Wildman–Crippen LogP) is 1.96. The Morgan fingerprint density at radius 3 is 2.50 bits per heavy atom. The van der Waals surface area contributed by atoms with Crippen LogP contribution in [0.1, 0.15) is 18.9 Å². The molecule has 24 heavy (non-hydrogen) atoms. The van der Waals surface area contributed by atoms with Gasteiger partial charge in [0.05, 0.1) is 12.5 Å². The molecule has 2 amide bonds. The van der Waals surface area contributed by atoms with Crippen molar-refractivity contribution in [3.63, 3.8) is 0 Å². The van der Waals surface area contributed by atoms with Crippen molar-refractivity contribution in [2.24, 2.45) is 5.92 Å². The van der Waals surface area contributed by atoms with Crippen molar-refractivity contribution in [1.82, 2.24) is 10.2 Å². The second-order valence-corrected chi connectivity index (χ2v) is 5.62.